The van der Waals surface area contributed by atoms with Gasteiger partial charge in [-0.15, -0.1) is 0 Å². The summed E-state index contributed by atoms with van der Waals surface area (Å²) in [6.45, 7) is 5.03. The van der Waals surface area contributed by atoms with Crippen molar-refractivity contribution in [2.24, 2.45) is 5.73 Å². The van der Waals surface area contributed by atoms with Gasteiger partial charge in [-0.3, -0.25) is 0 Å². The van der Waals surface area contributed by atoms with Gasteiger partial charge in [0.15, 0.2) is 0 Å². The Morgan fingerprint density at radius 2 is 2.29 bits per heavy atom. The third-order valence-electron chi connectivity index (χ3n) is 2.86. The molecule has 2 nitrogen and oxygen atoms in total. The third-order valence-corrected chi connectivity index (χ3v) is 2.86. The summed E-state index contributed by atoms with van der Waals surface area (Å²) in [5.41, 5.74) is 9.81. The Kier molecular flexibility index (Phi) is 2.46. The Morgan fingerprint density at radius 3 is 3.00 bits per heavy atom. The van der Waals surface area contributed by atoms with Crippen molar-refractivity contribution in [3.8, 4) is 5.75 Å². The molecule has 0 saturated carbocycles. The standard InChI is InChI=1S/C12H17NO/c1-3-11(13)10-6-8(2)12-9(7-10)4-5-14-12/h6-7,11H,3-5,13H2,1-2H3/t11-/m1/s1. The summed E-state index contributed by atoms with van der Waals surface area (Å²) in [5.74, 6) is 1.08. The molecule has 2 rings (SSSR count). The molecule has 1 atom stereocenters. The average molecular weight is 191 g/mol. The van der Waals surface area contributed by atoms with Gasteiger partial charge in [-0.05, 0) is 30.0 Å². The number of fused-ring (bicyclic) bond motifs is 1. The molecule has 0 radical (unpaired) electrons. The molecule has 0 aliphatic carbocycles. The lowest BCUT2D eigenvalue weighted by molar-refractivity contribution is 0.354. The maximum Gasteiger partial charge on any atom is 0.125 e. The first kappa shape index (κ1) is 9.53. The predicted molar refractivity (Wildman–Crippen MR) is 57.6 cm³/mol. The first-order valence-electron chi connectivity index (χ1n) is 5.24. The molecule has 76 valence electrons. The lowest BCUT2D eigenvalue weighted by Crippen LogP contribution is -2.09. The first-order valence-corrected chi connectivity index (χ1v) is 5.24. The van der Waals surface area contributed by atoms with Crippen molar-refractivity contribution in [2.75, 3.05) is 6.61 Å². The van der Waals surface area contributed by atoms with Crippen molar-refractivity contribution in [1.82, 2.24) is 0 Å². The van der Waals surface area contributed by atoms with Crippen LogP contribution in [0.4, 0.5) is 0 Å². The van der Waals surface area contributed by atoms with E-state index in [-0.39, 0.29) is 6.04 Å². The van der Waals surface area contributed by atoms with Gasteiger partial charge >= 0.3 is 0 Å². The first-order chi connectivity index (χ1) is 6.72. The van der Waals surface area contributed by atoms with Gasteiger partial charge in [0.25, 0.3) is 0 Å². The van der Waals surface area contributed by atoms with Gasteiger partial charge in [-0.2, -0.15) is 0 Å². The van der Waals surface area contributed by atoms with Crippen molar-refractivity contribution in [2.45, 2.75) is 32.7 Å². The number of benzene rings is 1. The Labute approximate surface area is 85.1 Å². The van der Waals surface area contributed by atoms with Crippen LogP contribution >= 0.6 is 0 Å². The predicted octanol–water partition coefficient (Wildman–Crippen LogP) is 2.34. The zero-order chi connectivity index (χ0) is 10.1. The summed E-state index contributed by atoms with van der Waals surface area (Å²) in [6, 6.07) is 4.52. The number of ether oxygens (including phenoxy) is 1. The molecule has 2 heteroatoms. The molecule has 14 heavy (non-hydrogen) atoms. The molecule has 0 spiro atoms. The van der Waals surface area contributed by atoms with E-state index in [9.17, 15) is 0 Å². The second kappa shape index (κ2) is 3.62. The summed E-state index contributed by atoms with van der Waals surface area (Å²) in [6.07, 6.45) is 2.01. The number of aryl methyl sites for hydroxylation is 1. The van der Waals surface area contributed by atoms with E-state index in [1.165, 1.54) is 16.7 Å². The highest BCUT2D eigenvalue weighted by molar-refractivity contribution is 5.46. The minimum atomic E-state index is 0.166. The van der Waals surface area contributed by atoms with E-state index in [4.69, 9.17) is 10.5 Å². The van der Waals surface area contributed by atoms with E-state index < -0.39 is 0 Å². The molecule has 0 aromatic heterocycles. The summed E-state index contributed by atoms with van der Waals surface area (Å²) in [4.78, 5) is 0. The molecule has 1 heterocycles. The smallest absolute Gasteiger partial charge is 0.125 e. The largest absolute Gasteiger partial charge is 0.493 e. The number of nitrogens with two attached hydrogens (primary N) is 1. The minimum absolute atomic E-state index is 0.166. The summed E-state index contributed by atoms with van der Waals surface area (Å²) >= 11 is 0. The van der Waals surface area contributed by atoms with E-state index in [0.29, 0.717) is 0 Å². The summed E-state index contributed by atoms with van der Waals surface area (Å²) < 4.78 is 5.56. The maximum absolute atomic E-state index is 6.02. The van der Waals surface area contributed by atoms with Crippen LogP contribution in [0.2, 0.25) is 0 Å². The van der Waals surface area contributed by atoms with Crippen molar-refractivity contribution in [3.05, 3.63) is 28.8 Å². The Bertz CT molecular complexity index is 346. The van der Waals surface area contributed by atoms with Crippen molar-refractivity contribution in [3.63, 3.8) is 0 Å². The van der Waals surface area contributed by atoms with Crippen molar-refractivity contribution in [1.29, 1.82) is 0 Å². The van der Waals surface area contributed by atoms with Crippen LogP contribution in [0.1, 0.15) is 36.1 Å². The van der Waals surface area contributed by atoms with Gasteiger partial charge in [-0.25, -0.2) is 0 Å². The molecule has 1 aromatic rings. The molecular weight excluding hydrogens is 174 g/mol. The fourth-order valence-corrected chi connectivity index (χ4v) is 1.98. The fourth-order valence-electron chi connectivity index (χ4n) is 1.98. The fraction of sp³-hybridized carbons (Fsp3) is 0.500. The van der Waals surface area contributed by atoms with Gasteiger partial charge in [-0.1, -0.05) is 19.1 Å². The van der Waals surface area contributed by atoms with Crippen LogP contribution in [-0.4, -0.2) is 6.61 Å². The van der Waals surface area contributed by atoms with Gasteiger partial charge in [0.05, 0.1) is 6.61 Å². The quantitative estimate of drug-likeness (QED) is 0.778. The molecule has 0 saturated heterocycles. The SMILES string of the molecule is CC[C@@H](N)c1cc(C)c2c(c1)CCO2. The van der Waals surface area contributed by atoms with Crippen molar-refractivity contribution >= 4 is 0 Å². The highest BCUT2D eigenvalue weighted by Gasteiger charge is 2.16. The van der Waals surface area contributed by atoms with E-state index in [2.05, 4.69) is 26.0 Å². The van der Waals surface area contributed by atoms with Crippen LogP contribution in [0.25, 0.3) is 0 Å². The molecule has 0 unspecified atom stereocenters. The number of rotatable bonds is 2. The molecule has 0 bridgehead atoms. The molecule has 1 aliphatic heterocycles. The Morgan fingerprint density at radius 1 is 1.50 bits per heavy atom. The normalized spacial score (nSPS) is 16.2. The zero-order valence-corrected chi connectivity index (χ0v) is 8.84. The van der Waals surface area contributed by atoms with Gasteiger partial charge in [0.2, 0.25) is 0 Å². The maximum atomic E-state index is 6.02. The third kappa shape index (κ3) is 1.50. The van der Waals surface area contributed by atoms with E-state index >= 15 is 0 Å². The second-order valence-corrected chi connectivity index (χ2v) is 3.94. The molecular formula is C12H17NO. The monoisotopic (exact) mass is 191 g/mol. The summed E-state index contributed by atoms with van der Waals surface area (Å²) in [5, 5.41) is 0. The highest BCUT2D eigenvalue weighted by Crippen LogP contribution is 2.32. The molecule has 0 amide bonds. The van der Waals surface area contributed by atoms with Crippen LogP contribution in [0, 0.1) is 6.92 Å². The zero-order valence-electron chi connectivity index (χ0n) is 8.84. The van der Waals surface area contributed by atoms with Crippen molar-refractivity contribution < 1.29 is 4.74 Å². The van der Waals surface area contributed by atoms with E-state index in [1.54, 1.807) is 0 Å². The van der Waals surface area contributed by atoms with Crippen LogP contribution < -0.4 is 10.5 Å². The number of hydrogen-bond donors (Lipinski definition) is 1. The Balaban J connectivity index is 2.41. The second-order valence-electron chi connectivity index (χ2n) is 3.94. The van der Waals surface area contributed by atoms with Gasteiger partial charge in [0, 0.05) is 12.5 Å². The highest BCUT2D eigenvalue weighted by atomic mass is 16.5. The topological polar surface area (TPSA) is 35.2 Å². The minimum Gasteiger partial charge on any atom is -0.493 e. The summed E-state index contributed by atoms with van der Waals surface area (Å²) in [7, 11) is 0. The van der Waals surface area contributed by atoms with Crippen LogP contribution in [0.5, 0.6) is 5.75 Å². The average Bonchev–Trinajstić information content (AvgIpc) is 2.64. The Hall–Kier alpha value is -1.02. The number of hydrogen-bond acceptors (Lipinski definition) is 2. The van der Waals surface area contributed by atoms with E-state index in [0.717, 1.165) is 25.2 Å². The lowest BCUT2D eigenvalue weighted by Gasteiger charge is -2.12. The lowest BCUT2D eigenvalue weighted by atomic mass is 9.98. The molecule has 2 N–H and O–H groups in total. The van der Waals surface area contributed by atoms with Crippen LogP contribution in [0.3, 0.4) is 0 Å². The van der Waals surface area contributed by atoms with Crippen LogP contribution in [0.15, 0.2) is 12.1 Å². The molecule has 1 aromatic carbocycles. The van der Waals surface area contributed by atoms with E-state index in [1.807, 2.05) is 0 Å². The van der Waals surface area contributed by atoms with Gasteiger partial charge < -0.3 is 10.5 Å². The molecule has 0 fully saturated rings. The van der Waals surface area contributed by atoms with Crippen LogP contribution in [-0.2, 0) is 6.42 Å². The molecule has 1 aliphatic rings. The van der Waals surface area contributed by atoms with Gasteiger partial charge in [0.1, 0.15) is 5.75 Å².